The van der Waals surface area contributed by atoms with Gasteiger partial charge < -0.3 is 15.0 Å². The Morgan fingerprint density at radius 1 is 1.30 bits per heavy atom. The highest BCUT2D eigenvalue weighted by atomic mass is 16.3. The maximum Gasteiger partial charge on any atom is 0.277 e. The van der Waals surface area contributed by atoms with Gasteiger partial charge in [-0.25, -0.2) is 4.98 Å². The number of β-amino-alcohol motifs (C(OH)–C–C–N with tert-alkyl or cyclic N) is 1. The molecular weight excluding hydrogens is 296 g/mol. The third-order valence-electron chi connectivity index (χ3n) is 3.61. The molecule has 1 aliphatic heterocycles. The lowest BCUT2D eigenvalue weighted by Crippen LogP contribution is -2.34. The number of nitrogens with zero attached hydrogens (tertiary/aromatic N) is 3. The molecule has 0 bridgehead atoms. The summed E-state index contributed by atoms with van der Waals surface area (Å²) in [6, 6.07) is 5.69. The molecule has 0 unspecified atom stereocenters. The number of benzene rings is 1. The number of hydrogen-bond acceptors (Lipinski definition) is 5. The SMILES string of the molecule is Cc1cc(-n2ccnc2)ccc1NC1=CC(=O)N(CCO)C1=O. The number of amides is 2. The van der Waals surface area contributed by atoms with E-state index >= 15 is 0 Å². The Kier molecular flexibility index (Phi) is 3.94. The average molecular weight is 312 g/mol. The van der Waals surface area contributed by atoms with E-state index in [0.717, 1.165) is 21.8 Å². The molecule has 7 nitrogen and oxygen atoms in total. The van der Waals surface area contributed by atoms with Crippen LogP contribution in [-0.2, 0) is 9.59 Å². The summed E-state index contributed by atoms with van der Waals surface area (Å²) < 4.78 is 1.88. The molecule has 0 spiro atoms. The van der Waals surface area contributed by atoms with Crippen molar-refractivity contribution in [2.75, 3.05) is 18.5 Å². The first-order valence-corrected chi connectivity index (χ1v) is 7.14. The summed E-state index contributed by atoms with van der Waals surface area (Å²) in [6.45, 7) is 1.66. The van der Waals surface area contributed by atoms with Crippen LogP contribution in [0.5, 0.6) is 0 Å². The Bertz CT molecular complexity index is 781. The number of imidazole rings is 1. The van der Waals surface area contributed by atoms with E-state index in [-0.39, 0.29) is 18.8 Å². The summed E-state index contributed by atoms with van der Waals surface area (Å²) in [7, 11) is 0. The Balaban J connectivity index is 1.80. The monoisotopic (exact) mass is 312 g/mol. The highest BCUT2D eigenvalue weighted by Crippen LogP contribution is 2.22. The van der Waals surface area contributed by atoms with Gasteiger partial charge in [-0.1, -0.05) is 0 Å². The van der Waals surface area contributed by atoms with E-state index in [1.54, 1.807) is 12.5 Å². The normalized spacial score (nSPS) is 14.3. The van der Waals surface area contributed by atoms with Crippen LogP contribution in [0.3, 0.4) is 0 Å². The highest BCUT2D eigenvalue weighted by molar-refractivity contribution is 6.17. The van der Waals surface area contributed by atoms with Crippen LogP contribution < -0.4 is 5.32 Å². The van der Waals surface area contributed by atoms with E-state index in [0.29, 0.717) is 0 Å². The molecule has 1 aliphatic rings. The smallest absolute Gasteiger partial charge is 0.277 e. The van der Waals surface area contributed by atoms with Crippen LogP contribution in [0.4, 0.5) is 5.69 Å². The number of carbonyl (C=O) groups excluding carboxylic acids is 2. The average Bonchev–Trinajstić information content (AvgIpc) is 3.14. The number of aromatic nitrogens is 2. The molecule has 118 valence electrons. The van der Waals surface area contributed by atoms with Gasteiger partial charge in [-0.3, -0.25) is 14.5 Å². The lowest BCUT2D eigenvalue weighted by atomic mass is 10.1. The van der Waals surface area contributed by atoms with E-state index in [1.807, 2.05) is 35.9 Å². The first kappa shape index (κ1) is 15.0. The summed E-state index contributed by atoms with van der Waals surface area (Å²) in [4.78, 5) is 28.9. The van der Waals surface area contributed by atoms with E-state index in [2.05, 4.69) is 10.3 Å². The van der Waals surface area contributed by atoms with Gasteiger partial charge in [-0.05, 0) is 30.7 Å². The number of hydrogen-bond donors (Lipinski definition) is 2. The Morgan fingerprint density at radius 2 is 2.13 bits per heavy atom. The zero-order chi connectivity index (χ0) is 16.4. The fourth-order valence-electron chi connectivity index (χ4n) is 2.42. The van der Waals surface area contributed by atoms with Gasteiger partial charge in [0.15, 0.2) is 0 Å². The molecule has 23 heavy (non-hydrogen) atoms. The number of rotatable bonds is 5. The van der Waals surface area contributed by atoms with Crippen LogP contribution in [0.25, 0.3) is 5.69 Å². The molecule has 0 fully saturated rings. The van der Waals surface area contributed by atoms with Crippen LogP contribution in [0.2, 0.25) is 0 Å². The molecule has 0 aliphatic carbocycles. The predicted molar refractivity (Wildman–Crippen MR) is 83.8 cm³/mol. The molecule has 0 radical (unpaired) electrons. The topological polar surface area (TPSA) is 87.5 Å². The van der Waals surface area contributed by atoms with Crippen molar-refractivity contribution in [2.24, 2.45) is 0 Å². The molecule has 0 saturated heterocycles. The first-order valence-electron chi connectivity index (χ1n) is 7.14. The summed E-state index contributed by atoms with van der Waals surface area (Å²) in [6.07, 6.45) is 6.50. The summed E-state index contributed by atoms with van der Waals surface area (Å²) in [5.41, 5.74) is 2.84. The van der Waals surface area contributed by atoms with Crippen LogP contribution in [0.1, 0.15) is 5.56 Å². The maximum absolute atomic E-state index is 12.1. The molecule has 7 heteroatoms. The standard InChI is InChI=1S/C16H16N4O3/c1-11-8-12(19-5-4-17-10-19)2-3-13(11)18-14-9-15(22)20(6-7-21)16(14)23/h2-5,8-10,18,21H,6-7H2,1H3. The third-order valence-corrected chi connectivity index (χ3v) is 3.61. The Labute approximate surface area is 132 Å². The number of imide groups is 1. The minimum Gasteiger partial charge on any atom is -0.395 e. The maximum atomic E-state index is 12.1. The summed E-state index contributed by atoms with van der Waals surface area (Å²) in [5, 5.41) is 11.9. The minimum atomic E-state index is -0.429. The highest BCUT2D eigenvalue weighted by Gasteiger charge is 2.30. The van der Waals surface area contributed by atoms with Crippen LogP contribution in [0.15, 0.2) is 48.7 Å². The Morgan fingerprint density at radius 3 is 2.78 bits per heavy atom. The second kappa shape index (κ2) is 6.05. The van der Waals surface area contributed by atoms with Gasteiger partial charge in [0.25, 0.3) is 11.8 Å². The molecule has 3 rings (SSSR count). The first-order chi connectivity index (χ1) is 11.1. The van der Waals surface area contributed by atoms with Crippen molar-refractivity contribution in [2.45, 2.75) is 6.92 Å². The van der Waals surface area contributed by atoms with Crippen molar-refractivity contribution in [1.82, 2.24) is 14.5 Å². The number of aryl methyl sites for hydroxylation is 1. The van der Waals surface area contributed by atoms with E-state index < -0.39 is 11.8 Å². The zero-order valence-corrected chi connectivity index (χ0v) is 12.6. The largest absolute Gasteiger partial charge is 0.395 e. The summed E-state index contributed by atoms with van der Waals surface area (Å²) >= 11 is 0. The van der Waals surface area contributed by atoms with Crippen molar-refractivity contribution in [1.29, 1.82) is 0 Å². The minimum absolute atomic E-state index is 0.00209. The van der Waals surface area contributed by atoms with Crippen LogP contribution >= 0.6 is 0 Å². The summed E-state index contributed by atoms with van der Waals surface area (Å²) in [5.74, 6) is -0.846. The molecule has 1 aromatic heterocycles. The van der Waals surface area contributed by atoms with E-state index in [4.69, 9.17) is 5.11 Å². The second-order valence-electron chi connectivity index (χ2n) is 5.17. The molecule has 2 amide bonds. The quantitative estimate of drug-likeness (QED) is 0.799. The molecule has 2 heterocycles. The lowest BCUT2D eigenvalue weighted by Gasteiger charge is -2.15. The zero-order valence-electron chi connectivity index (χ0n) is 12.6. The molecule has 0 atom stereocenters. The van der Waals surface area contributed by atoms with Crippen molar-refractivity contribution >= 4 is 17.5 Å². The number of aliphatic hydroxyl groups excluding tert-OH is 1. The van der Waals surface area contributed by atoms with Gasteiger partial charge in [-0.15, -0.1) is 0 Å². The van der Waals surface area contributed by atoms with Gasteiger partial charge in [-0.2, -0.15) is 0 Å². The van der Waals surface area contributed by atoms with Crippen molar-refractivity contribution in [3.63, 3.8) is 0 Å². The second-order valence-corrected chi connectivity index (χ2v) is 5.17. The van der Waals surface area contributed by atoms with Crippen LogP contribution in [-0.4, -0.2) is 44.5 Å². The van der Waals surface area contributed by atoms with Gasteiger partial charge in [0.2, 0.25) is 0 Å². The van der Waals surface area contributed by atoms with Gasteiger partial charge in [0.05, 0.1) is 19.5 Å². The number of carbonyl (C=O) groups is 2. The van der Waals surface area contributed by atoms with Gasteiger partial charge in [0.1, 0.15) is 5.70 Å². The molecule has 2 N–H and O–H groups in total. The third kappa shape index (κ3) is 2.86. The molecular formula is C16H16N4O3. The lowest BCUT2D eigenvalue weighted by molar-refractivity contribution is -0.137. The Hall–Kier alpha value is -2.93. The molecule has 1 aromatic carbocycles. The number of anilines is 1. The van der Waals surface area contributed by atoms with Gasteiger partial charge in [0, 0.05) is 29.8 Å². The van der Waals surface area contributed by atoms with E-state index in [9.17, 15) is 9.59 Å². The fraction of sp³-hybridized carbons (Fsp3) is 0.188. The van der Waals surface area contributed by atoms with Crippen LogP contribution in [0, 0.1) is 6.92 Å². The van der Waals surface area contributed by atoms with Gasteiger partial charge >= 0.3 is 0 Å². The molecule has 2 aromatic rings. The number of aliphatic hydroxyl groups is 1. The van der Waals surface area contributed by atoms with E-state index in [1.165, 1.54) is 6.08 Å². The number of nitrogens with one attached hydrogen (secondary N) is 1. The molecule has 0 saturated carbocycles. The van der Waals surface area contributed by atoms with Crippen molar-refractivity contribution < 1.29 is 14.7 Å². The fourth-order valence-corrected chi connectivity index (χ4v) is 2.42. The predicted octanol–water partition coefficient (Wildman–Crippen LogP) is 0.838. The van der Waals surface area contributed by atoms with Crippen molar-refractivity contribution in [3.8, 4) is 5.69 Å². The van der Waals surface area contributed by atoms with Crippen molar-refractivity contribution in [3.05, 3.63) is 54.3 Å².